The Hall–Kier alpha value is -3.25. The largest absolute Gasteiger partial charge is 0.363 e. The number of allylic oxidation sites excluding steroid dienone is 1. The number of rotatable bonds is 4. The van der Waals surface area contributed by atoms with Crippen LogP contribution in [0.4, 0.5) is 11.4 Å². The predicted octanol–water partition coefficient (Wildman–Crippen LogP) is 5.41. The zero-order chi connectivity index (χ0) is 24.8. The summed E-state index contributed by atoms with van der Waals surface area (Å²) in [4.78, 5) is 30.0. The molecule has 2 aliphatic heterocycles. The van der Waals surface area contributed by atoms with Crippen molar-refractivity contribution in [2.45, 2.75) is 53.5 Å². The number of fused-ring (bicyclic) bond motifs is 1. The molecule has 0 unspecified atom stereocenters. The second kappa shape index (κ2) is 8.84. The van der Waals surface area contributed by atoms with Gasteiger partial charge in [0.05, 0.1) is 11.2 Å². The van der Waals surface area contributed by atoms with Crippen LogP contribution in [0.25, 0.3) is 11.6 Å². The highest BCUT2D eigenvalue weighted by molar-refractivity contribution is 7.80. The van der Waals surface area contributed by atoms with Gasteiger partial charge in [0.15, 0.2) is 5.11 Å². The Morgan fingerprint density at radius 2 is 1.74 bits per heavy atom. The van der Waals surface area contributed by atoms with E-state index in [0.717, 1.165) is 35.2 Å². The van der Waals surface area contributed by atoms with Crippen molar-refractivity contribution in [3.63, 3.8) is 0 Å². The van der Waals surface area contributed by atoms with Gasteiger partial charge in [0.2, 0.25) is 0 Å². The maximum atomic E-state index is 13.4. The number of carbonyl (C=O) groups excluding carboxylic acids is 2. The minimum Gasteiger partial charge on any atom is -0.363 e. The van der Waals surface area contributed by atoms with Crippen molar-refractivity contribution in [2.75, 3.05) is 16.3 Å². The molecule has 2 aliphatic rings. The minimum absolute atomic E-state index is 0.0707. The minimum atomic E-state index is -0.475. The monoisotopic (exact) mass is 473 g/mol. The Morgan fingerprint density at radius 3 is 2.35 bits per heavy atom. The van der Waals surface area contributed by atoms with Crippen LogP contribution in [0.5, 0.6) is 0 Å². The number of benzene rings is 2. The van der Waals surface area contributed by atoms with Gasteiger partial charge in [0.25, 0.3) is 11.8 Å². The normalized spacial score (nSPS) is 18.7. The van der Waals surface area contributed by atoms with Crippen molar-refractivity contribution >= 4 is 52.2 Å². The number of thiocarbonyl (C=S) groups is 1. The number of nitrogens with one attached hydrogen (secondary N) is 1. The Balaban J connectivity index is 1.77. The van der Waals surface area contributed by atoms with E-state index in [0.29, 0.717) is 5.69 Å². The maximum absolute atomic E-state index is 13.4. The molecule has 5 nitrogen and oxygen atoms in total. The number of likely N-dealkylation sites (N-methyl/N-ethyl adjacent to an activating group) is 1. The van der Waals surface area contributed by atoms with Gasteiger partial charge in [0, 0.05) is 17.8 Å². The molecule has 0 radical (unpaired) electrons. The third kappa shape index (κ3) is 4.07. The lowest BCUT2D eigenvalue weighted by Crippen LogP contribution is -2.54. The molecular formula is C28H31N3O2S. The van der Waals surface area contributed by atoms with Crippen molar-refractivity contribution in [1.82, 2.24) is 5.32 Å². The van der Waals surface area contributed by atoms with Crippen molar-refractivity contribution in [1.29, 1.82) is 0 Å². The fraction of sp³-hybridized carbons (Fsp3) is 0.321. The first-order chi connectivity index (χ1) is 16.1. The molecule has 2 heterocycles. The fourth-order valence-corrected chi connectivity index (χ4v) is 5.19. The van der Waals surface area contributed by atoms with Crippen LogP contribution < -0.4 is 15.1 Å². The summed E-state index contributed by atoms with van der Waals surface area (Å²) in [6, 6.07) is 11.9. The molecule has 0 aromatic heterocycles. The third-order valence-corrected chi connectivity index (χ3v) is 6.97. The van der Waals surface area contributed by atoms with Gasteiger partial charge >= 0.3 is 0 Å². The molecular weight excluding hydrogens is 442 g/mol. The zero-order valence-corrected chi connectivity index (χ0v) is 21.5. The molecule has 4 rings (SSSR count). The molecule has 0 atom stereocenters. The molecule has 0 spiro atoms. The highest BCUT2D eigenvalue weighted by Crippen LogP contribution is 2.40. The summed E-state index contributed by atoms with van der Waals surface area (Å²) in [5.41, 5.74) is 7.11. The van der Waals surface area contributed by atoms with E-state index in [9.17, 15) is 9.59 Å². The third-order valence-electron chi connectivity index (χ3n) is 6.69. The number of hydrogen-bond acceptors (Lipinski definition) is 4. The summed E-state index contributed by atoms with van der Waals surface area (Å²) in [6.45, 7) is 13.7. The van der Waals surface area contributed by atoms with Gasteiger partial charge in [-0.1, -0.05) is 25.1 Å². The number of hydrogen-bond donors (Lipinski definition) is 1. The van der Waals surface area contributed by atoms with E-state index in [1.807, 2.05) is 31.2 Å². The summed E-state index contributed by atoms with van der Waals surface area (Å²) in [5.74, 6) is -0.893. The molecule has 1 N–H and O–H groups in total. The van der Waals surface area contributed by atoms with E-state index in [4.69, 9.17) is 12.2 Å². The number of anilines is 2. The second-order valence-electron chi connectivity index (χ2n) is 9.43. The predicted molar refractivity (Wildman–Crippen MR) is 144 cm³/mol. The van der Waals surface area contributed by atoms with Crippen molar-refractivity contribution in [2.24, 2.45) is 0 Å². The number of carbonyl (C=O) groups is 2. The van der Waals surface area contributed by atoms with E-state index in [-0.39, 0.29) is 16.2 Å². The molecule has 6 heteroatoms. The fourth-order valence-electron chi connectivity index (χ4n) is 4.91. The molecule has 1 saturated heterocycles. The second-order valence-corrected chi connectivity index (χ2v) is 9.82. The van der Waals surface area contributed by atoms with Crippen molar-refractivity contribution < 1.29 is 9.59 Å². The Kier molecular flexibility index (Phi) is 6.21. The van der Waals surface area contributed by atoms with E-state index < -0.39 is 11.8 Å². The Bertz CT molecular complexity index is 1260. The van der Waals surface area contributed by atoms with Crippen molar-refractivity contribution in [3.05, 3.63) is 70.3 Å². The molecule has 2 aromatic rings. The van der Waals surface area contributed by atoms with Gasteiger partial charge in [0.1, 0.15) is 5.57 Å². The first kappa shape index (κ1) is 23.9. The number of nitrogens with zero attached hydrogens (tertiary/aromatic N) is 2. The molecule has 176 valence electrons. The van der Waals surface area contributed by atoms with Gasteiger partial charge in [-0.2, -0.15) is 0 Å². The van der Waals surface area contributed by atoms with Crippen LogP contribution >= 0.6 is 12.2 Å². The lowest BCUT2D eigenvalue weighted by Gasteiger charge is -2.43. The number of amides is 2. The van der Waals surface area contributed by atoms with Gasteiger partial charge in [-0.3, -0.25) is 19.8 Å². The van der Waals surface area contributed by atoms with Gasteiger partial charge in [-0.15, -0.1) is 0 Å². The van der Waals surface area contributed by atoms with Crippen LogP contribution in [0, 0.1) is 6.92 Å². The average molecular weight is 474 g/mol. The topological polar surface area (TPSA) is 52.7 Å². The van der Waals surface area contributed by atoms with E-state index in [1.54, 1.807) is 6.08 Å². The summed E-state index contributed by atoms with van der Waals surface area (Å²) in [6.07, 6.45) is 4.86. The first-order valence-corrected chi connectivity index (χ1v) is 12.1. The molecule has 0 bridgehead atoms. The van der Waals surface area contributed by atoms with Crippen LogP contribution in [0.3, 0.4) is 0 Å². The standard InChI is InChI=1S/C28H31N3O2S/c1-7-19-9-11-21(12-10-19)31-26(33)23(25(32)29-27(31)34)15-20-14-22-18(4)16-28(5,6)30(8-2)24(22)13-17(20)3/h9-16H,7-8H2,1-6H3,(H,29,32,34)/b23-15+. The maximum Gasteiger partial charge on any atom is 0.270 e. The quantitative estimate of drug-likeness (QED) is 0.366. The van der Waals surface area contributed by atoms with Gasteiger partial charge in [-0.25, -0.2) is 0 Å². The van der Waals surface area contributed by atoms with Crippen LogP contribution in [-0.2, 0) is 16.0 Å². The Labute approximate surface area is 207 Å². The SMILES string of the molecule is CCc1ccc(N2C(=O)/C(=C/c3cc4c(cc3C)N(CC)C(C)(C)C=C4C)C(=O)NC2=S)cc1. The highest BCUT2D eigenvalue weighted by atomic mass is 32.1. The molecule has 2 amide bonds. The molecule has 0 aliphatic carbocycles. The average Bonchev–Trinajstić information content (AvgIpc) is 2.77. The van der Waals surface area contributed by atoms with Gasteiger partial charge in [-0.05, 0) is 106 Å². The summed E-state index contributed by atoms with van der Waals surface area (Å²) in [5, 5.41) is 2.78. The van der Waals surface area contributed by atoms with Crippen LogP contribution in [0.2, 0.25) is 0 Å². The molecule has 34 heavy (non-hydrogen) atoms. The smallest absolute Gasteiger partial charge is 0.270 e. The summed E-state index contributed by atoms with van der Waals surface area (Å²) < 4.78 is 0. The molecule has 2 aromatic carbocycles. The number of aryl methyl sites for hydroxylation is 2. The zero-order valence-electron chi connectivity index (χ0n) is 20.7. The van der Waals surface area contributed by atoms with Crippen LogP contribution in [-0.4, -0.2) is 29.0 Å². The van der Waals surface area contributed by atoms with Crippen molar-refractivity contribution in [3.8, 4) is 0 Å². The Morgan fingerprint density at radius 1 is 1.06 bits per heavy atom. The lowest BCUT2D eigenvalue weighted by atomic mass is 9.86. The summed E-state index contributed by atoms with van der Waals surface area (Å²) in [7, 11) is 0. The van der Waals surface area contributed by atoms with Crippen LogP contribution in [0.15, 0.2) is 48.0 Å². The molecule has 1 fully saturated rings. The molecule has 0 saturated carbocycles. The van der Waals surface area contributed by atoms with E-state index in [1.165, 1.54) is 16.2 Å². The van der Waals surface area contributed by atoms with E-state index in [2.05, 4.69) is 63.0 Å². The van der Waals surface area contributed by atoms with Crippen LogP contribution in [0.1, 0.15) is 56.9 Å². The summed E-state index contributed by atoms with van der Waals surface area (Å²) >= 11 is 5.34. The first-order valence-electron chi connectivity index (χ1n) is 11.7. The lowest BCUT2D eigenvalue weighted by molar-refractivity contribution is -0.122. The van der Waals surface area contributed by atoms with E-state index >= 15 is 0 Å². The van der Waals surface area contributed by atoms with Gasteiger partial charge < -0.3 is 4.90 Å². The highest BCUT2D eigenvalue weighted by Gasteiger charge is 2.35.